The Hall–Kier alpha value is -3.06. The second kappa shape index (κ2) is 10.3. The van der Waals surface area contributed by atoms with Gasteiger partial charge in [0.15, 0.2) is 5.82 Å². The molecule has 6 nitrogen and oxygen atoms in total. The van der Waals surface area contributed by atoms with Gasteiger partial charge in [-0.2, -0.15) is 0 Å². The number of aromatic nitrogens is 2. The number of benzene rings is 2. The molecule has 0 spiro atoms. The number of nitrogens with one attached hydrogen (secondary N) is 1. The quantitative estimate of drug-likeness (QED) is 0.534. The van der Waals surface area contributed by atoms with Crippen molar-refractivity contribution >= 4 is 34.9 Å². The van der Waals surface area contributed by atoms with Gasteiger partial charge in [-0.15, -0.1) is 0 Å². The molecule has 1 aromatic heterocycles. The molecule has 7 heteroatoms. The average molecular weight is 462 g/mol. The van der Waals surface area contributed by atoms with Crippen molar-refractivity contribution in [3.05, 3.63) is 71.0 Å². The molecule has 1 fully saturated rings. The summed E-state index contributed by atoms with van der Waals surface area (Å²) in [7, 11) is 0. The lowest BCUT2D eigenvalue weighted by Gasteiger charge is -2.37. The van der Waals surface area contributed by atoms with E-state index in [9.17, 15) is 4.79 Å². The number of hydrogen-bond donors (Lipinski definition) is 1. The number of rotatable bonds is 6. The van der Waals surface area contributed by atoms with Crippen molar-refractivity contribution < 1.29 is 4.79 Å². The van der Waals surface area contributed by atoms with Crippen LogP contribution in [0.1, 0.15) is 22.3 Å². The highest BCUT2D eigenvalue weighted by molar-refractivity contribution is 8.00. The Kier molecular flexibility index (Phi) is 7.18. The number of amides is 1. The standard InChI is InChI=1S/C26H31N5OS/c1-18-8-9-22(16-20(18)3)29-24(32)17-33-26-25(27-10-11-28-26)31-14-12-30(13-15-31)23-7-5-6-19(2)21(23)4/h5-11,16H,12-15,17H2,1-4H3,(H,29,32). The Labute approximate surface area is 200 Å². The molecule has 1 saturated heterocycles. The summed E-state index contributed by atoms with van der Waals surface area (Å²) in [6.07, 6.45) is 3.42. The lowest BCUT2D eigenvalue weighted by molar-refractivity contribution is -0.113. The SMILES string of the molecule is Cc1ccc(NC(=O)CSc2nccnc2N2CCN(c3cccc(C)c3C)CC2)cc1C. The van der Waals surface area contributed by atoms with Crippen LogP contribution in [0.4, 0.5) is 17.2 Å². The lowest BCUT2D eigenvalue weighted by Crippen LogP contribution is -2.47. The topological polar surface area (TPSA) is 61.4 Å². The molecular formula is C26H31N5OS. The number of anilines is 3. The number of thioether (sulfide) groups is 1. The minimum Gasteiger partial charge on any atom is -0.368 e. The highest BCUT2D eigenvalue weighted by Gasteiger charge is 2.22. The molecule has 2 heterocycles. The summed E-state index contributed by atoms with van der Waals surface area (Å²) in [6.45, 7) is 12.1. The minimum absolute atomic E-state index is 0.0420. The predicted octanol–water partition coefficient (Wildman–Crippen LogP) is 4.77. The van der Waals surface area contributed by atoms with Crippen molar-refractivity contribution in [2.75, 3.05) is 47.0 Å². The highest BCUT2D eigenvalue weighted by atomic mass is 32.2. The summed E-state index contributed by atoms with van der Waals surface area (Å²) in [5, 5.41) is 3.78. The van der Waals surface area contributed by atoms with Crippen LogP contribution in [0.15, 0.2) is 53.8 Å². The van der Waals surface area contributed by atoms with Gasteiger partial charge in [-0.3, -0.25) is 4.79 Å². The number of aryl methyl sites for hydroxylation is 3. The van der Waals surface area contributed by atoms with E-state index in [1.165, 1.54) is 34.1 Å². The Balaban J connectivity index is 1.37. The van der Waals surface area contributed by atoms with Gasteiger partial charge >= 0.3 is 0 Å². The molecule has 0 bridgehead atoms. The van der Waals surface area contributed by atoms with Crippen LogP contribution >= 0.6 is 11.8 Å². The van der Waals surface area contributed by atoms with E-state index in [4.69, 9.17) is 0 Å². The summed E-state index contributed by atoms with van der Waals surface area (Å²) < 4.78 is 0. The predicted molar refractivity (Wildman–Crippen MR) is 138 cm³/mol. The van der Waals surface area contributed by atoms with Crippen molar-refractivity contribution in [2.45, 2.75) is 32.7 Å². The highest BCUT2D eigenvalue weighted by Crippen LogP contribution is 2.29. The van der Waals surface area contributed by atoms with Gasteiger partial charge in [0.2, 0.25) is 5.91 Å². The third-order valence-corrected chi connectivity index (χ3v) is 7.24. The summed E-state index contributed by atoms with van der Waals surface area (Å²) in [4.78, 5) is 26.4. The van der Waals surface area contributed by atoms with E-state index >= 15 is 0 Å². The number of piperazine rings is 1. The van der Waals surface area contributed by atoms with Crippen molar-refractivity contribution in [2.24, 2.45) is 0 Å². The zero-order valence-electron chi connectivity index (χ0n) is 19.8. The maximum atomic E-state index is 12.5. The number of carbonyl (C=O) groups is 1. The van der Waals surface area contributed by atoms with Crippen LogP contribution in [0, 0.1) is 27.7 Å². The average Bonchev–Trinajstić information content (AvgIpc) is 2.82. The maximum absolute atomic E-state index is 12.5. The van der Waals surface area contributed by atoms with Crippen LogP contribution in [0.3, 0.4) is 0 Å². The fourth-order valence-corrected chi connectivity index (χ4v) is 4.81. The molecule has 0 aliphatic carbocycles. The molecule has 4 rings (SSSR count). The van der Waals surface area contributed by atoms with Gasteiger partial charge in [0.05, 0.1) is 5.75 Å². The first-order chi connectivity index (χ1) is 15.9. The van der Waals surface area contributed by atoms with Gasteiger partial charge in [-0.1, -0.05) is 30.0 Å². The normalized spacial score (nSPS) is 13.8. The van der Waals surface area contributed by atoms with Gasteiger partial charge in [0.25, 0.3) is 0 Å². The Morgan fingerprint density at radius 2 is 1.64 bits per heavy atom. The van der Waals surface area contributed by atoms with Crippen LogP contribution in [0.25, 0.3) is 0 Å². The van der Waals surface area contributed by atoms with Crippen molar-refractivity contribution in [3.63, 3.8) is 0 Å². The van der Waals surface area contributed by atoms with Crippen LogP contribution in [0.5, 0.6) is 0 Å². The second-order valence-corrected chi connectivity index (χ2v) is 9.48. The lowest BCUT2D eigenvalue weighted by atomic mass is 10.1. The summed E-state index contributed by atoms with van der Waals surface area (Å²) in [5.74, 6) is 1.11. The molecule has 2 aromatic carbocycles. The molecule has 1 aliphatic rings. The maximum Gasteiger partial charge on any atom is 0.234 e. The van der Waals surface area contributed by atoms with Crippen molar-refractivity contribution in [1.29, 1.82) is 0 Å². The molecular weight excluding hydrogens is 430 g/mol. The molecule has 172 valence electrons. The second-order valence-electron chi connectivity index (χ2n) is 8.51. The van der Waals surface area contributed by atoms with Crippen LogP contribution in [0.2, 0.25) is 0 Å². The van der Waals surface area contributed by atoms with Crippen molar-refractivity contribution in [1.82, 2.24) is 9.97 Å². The number of hydrogen-bond acceptors (Lipinski definition) is 6. The van der Waals surface area contributed by atoms with Gasteiger partial charge in [-0.25, -0.2) is 9.97 Å². The van der Waals surface area contributed by atoms with Crippen molar-refractivity contribution in [3.8, 4) is 0 Å². The summed E-state index contributed by atoms with van der Waals surface area (Å²) >= 11 is 1.44. The number of nitrogens with zero attached hydrogens (tertiary/aromatic N) is 4. The zero-order valence-corrected chi connectivity index (χ0v) is 20.6. The number of carbonyl (C=O) groups excluding carboxylic acids is 1. The van der Waals surface area contributed by atoms with Gasteiger partial charge in [-0.05, 0) is 68.1 Å². The molecule has 1 amide bonds. The largest absolute Gasteiger partial charge is 0.368 e. The van der Waals surface area contributed by atoms with Gasteiger partial charge in [0.1, 0.15) is 5.03 Å². The Morgan fingerprint density at radius 1 is 0.909 bits per heavy atom. The van der Waals surface area contributed by atoms with E-state index in [2.05, 4.69) is 64.1 Å². The first-order valence-corrected chi connectivity index (χ1v) is 12.3. The van der Waals surface area contributed by atoms with Crippen LogP contribution in [-0.2, 0) is 4.79 Å². The molecule has 3 aromatic rings. The minimum atomic E-state index is -0.0420. The fourth-order valence-electron chi connectivity index (χ4n) is 4.02. The molecule has 0 atom stereocenters. The van der Waals surface area contributed by atoms with Crippen LogP contribution in [-0.4, -0.2) is 47.8 Å². The van der Waals surface area contributed by atoms with E-state index < -0.39 is 0 Å². The molecule has 1 N–H and O–H groups in total. The molecule has 1 aliphatic heterocycles. The third kappa shape index (κ3) is 5.47. The van der Waals surface area contributed by atoms with E-state index in [-0.39, 0.29) is 5.91 Å². The monoisotopic (exact) mass is 461 g/mol. The van der Waals surface area contributed by atoms with Crippen LogP contribution < -0.4 is 15.1 Å². The Bertz CT molecular complexity index is 1140. The zero-order chi connectivity index (χ0) is 23.4. The van der Waals surface area contributed by atoms with E-state index in [0.29, 0.717) is 5.75 Å². The Morgan fingerprint density at radius 3 is 2.39 bits per heavy atom. The fraction of sp³-hybridized carbons (Fsp3) is 0.346. The molecule has 0 unspecified atom stereocenters. The van der Waals surface area contributed by atoms with Gasteiger partial charge in [0, 0.05) is 49.9 Å². The molecule has 0 saturated carbocycles. The summed E-state index contributed by atoms with van der Waals surface area (Å²) in [5.41, 5.74) is 7.18. The molecule has 33 heavy (non-hydrogen) atoms. The molecule has 0 radical (unpaired) electrons. The van der Waals surface area contributed by atoms with E-state index in [1.807, 2.05) is 25.1 Å². The smallest absolute Gasteiger partial charge is 0.234 e. The first kappa shape index (κ1) is 23.1. The van der Waals surface area contributed by atoms with E-state index in [1.54, 1.807) is 12.4 Å². The first-order valence-electron chi connectivity index (χ1n) is 11.3. The van der Waals surface area contributed by atoms with Gasteiger partial charge < -0.3 is 15.1 Å². The summed E-state index contributed by atoms with van der Waals surface area (Å²) in [6, 6.07) is 12.5. The van der Waals surface area contributed by atoms with E-state index in [0.717, 1.165) is 48.3 Å². The third-order valence-electron chi connectivity index (χ3n) is 6.27.